The number of methoxy groups -OCH3 is 1. The molecule has 2 unspecified atom stereocenters. The van der Waals surface area contributed by atoms with Gasteiger partial charge >= 0.3 is 0 Å². The molecule has 1 aromatic rings. The number of halogens is 2. The molecule has 0 aromatic heterocycles. The van der Waals surface area contributed by atoms with Crippen molar-refractivity contribution in [3.63, 3.8) is 0 Å². The summed E-state index contributed by atoms with van der Waals surface area (Å²) in [4.78, 5) is -0.000370. The third-order valence-corrected chi connectivity index (χ3v) is 6.29. The van der Waals surface area contributed by atoms with Crippen LogP contribution in [0.3, 0.4) is 0 Å². The maximum atomic E-state index is 13.8. The van der Waals surface area contributed by atoms with Crippen LogP contribution in [0.15, 0.2) is 23.1 Å². The highest BCUT2D eigenvalue weighted by Gasteiger charge is 2.43. The van der Waals surface area contributed by atoms with Gasteiger partial charge in [0.15, 0.2) is 11.6 Å². The molecule has 5 nitrogen and oxygen atoms in total. The highest BCUT2D eigenvalue weighted by atomic mass is 35.5. The minimum atomic E-state index is -3.67. The molecule has 0 radical (unpaired) electrons. The second-order valence-corrected chi connectivity index (χ2v) is 7.35. The van der Waals surface area contributed by atoms with Crippen molar-refractivity contribution in [1.29, 1.82) is 0 Å². The topological polar surface area (TPSA) is 58.6 Å². The molecule has 8 heteroatoms. The van der Waals surface area contributed by atoms with Gasteiger partial charge in [0.25, 0.3) is 0 Å². The van der Waals surface area contributed by atoms with Gasteiger partial charge in [-0.3, -0.25) is 0 Å². The lowest BCUT2D eigenvalue weighted by Crippen LogP contribution is -2.42. The van der Waals surface area contributed by atoms with Crippen molar-refractivity contribution >= 4 is 22.4 Å². The SMILES string of the molecule is COc1ccc(S(=O)(=O)N2C3CCNCC2CC3)cc1F.Cl. The number of sulfonamides is 1. The minimum absolute atomic E-state index is 0. The molecule has 2 fully saturated rings. The predicted molar refractivity (Wildman–Crippen MR) is 83.5 cm³/mol. The van der Waals surface area contributed by atoms with Gasteiger partial charge in [0.2, 0.25) is 10.0 Å². The Kier molecular flexibility index (Phi) is 5.32. The van der Waals surface area contributed by atoms with E-state index in [1.54, 1.807) is 4.31 Å². The standard InChI is InChI=1S/C14H19FN2O3S.ClH/c1-20-14-5-4-12(8-13(14)15)21(18,19)17-10-2-3-11(17)9-16-7-6-10;/h4-5,8,10-11,16H,2-3,6-7,9H2,1H3;1H. The fraction of sp³-hybridized carbons (Fsp3) is 0.571. The van der Waals surface area contributed by atoms with Crippen LogP contribution in [0.1, 0.15) is 19.3 Å². The number of ether oxygens (including phenoxy) is 1. The molecule has 0 amide bonds. The van der Waals surface area contributed by atoms with Crippen LogP contribution >= 0.6 is 12.4 Å². The summed E-state index contributed by atoms with van der Waals surface area (Å²) in [6.07, 6.45) is 2.54. The lowest BCUT2D eigenvalue weighted by Gasteiger charge is -2.27. The first kappa shape index (κ1) is 17.5. The molecular formula is C14H20ClFN2O3S. The number of benzene rings is 1. The van der Waals surface area contributed by atoms with Crippen LogP contribution in [0.25, 0.3) is 0 Å². The number of rotatable bonds is 3. The van der Waals surface area contributed by atoms with Gasteiger partial charge in [-0.25, -0.2) is 12.8 Å². The molecule has 22 heavy (non-hydrogen) atoms. The number of hydrogen-bond acceptors (Lipinski definition) is 4. The maximum absolute atomic E-state index is 13.8. The van der Waals surface area contributed by atoms with Crippen LogP contribution < -0.4 is 10.1 Å². The largest absolute Gasteiger partial charge is 0.494 e. The van der Waals surface area contributed by atoms with Crippen molar-refractivity contribution in [1.82, 2.24) is 9.62 Å². The first-order valence-electron chi connectivity index (χ1n) is 7.12. The molecule has 2 aliphatic rings. The lowest BCUT2D eigenvalue weighted by atomic mass is 10.1. The second kappa shape index (κ2) is 6.70. The molecule has 124 valence electrons. The van der Waals surface area contributed by atoms with Gasteiger partial charge in [-0.2, -0.15) is 4.31 Å². The molecule has 3 rings (SSSR count). The number of hydrogen-bond donors (Lipinski definition) is 1. The van der Waals surface area contributed by atoms with Gasteiger partial charge in [0.1, 0.15) is 0 Å². The van der Waals surface area contributed by atoms with Crippen molar-refractivity contribution in [2.24, 2.45) is 0 Å². The minimum Gasteiger partial charge on any atom is -0.494 e. The van der Waals surface area contributed by atoms with Gasteiger partial charge in [0.05, 0.1) is 12.0 Å². The van der Waals surface area contributed by atoms with Crippen molar-refractivity contribution in [3.05, 3.63) is 24.0 Å². The van der Waals surface area contributed by atoms with Crippen LogP contribution in [0.5, 0.6) is 5.75 Å². The van der Waals surface area contributed by atoms with Gasteiger partial charge < -0.3 is 10.1 Å². The van der Waals surface area contributed by atoms with Crippen LogP contribution in [-0.4, -0.2) is 45.0 Å². The van der Waals surface area contributed by atoms with Gasteiger partial charge in [0, 0.05) is 18.6 Å². The first-order chi connectivity index (χ1) is 10.0. The summed E-state index contributed by atoms with van der Waals surface area (Å²) in [7, 11) is -2.32. The van der Waals surface area contributed by atoms with E-state index in [2.05, 4.69) is 5.32 Å². The zero-order chi connectivity index (χ0) is 15.0. The summed E-state index contributed by atoms with van der Waals surface area (Å²) in [5.74, 6) is -0.603. The number of nitrogens with one attached hydrogen (secondary N) is 1. The van der Waals surface area contributed by atoms with Crippen LogP contribution in [0, 0.1) is 5.82 Å². The molecule has 2 saturated heterocycles. The van der Waals surface area contributed by atoms with Crippen LogP contribution in [0.2, 0.25) is 0 Å². The van der Waals surface area contributed by atoms with E-state index in [1.165, 1.54) is 19.2 Å². The summed E-state index contributed by atoms with van der Waals surface area (Å²) >= 11 is 0. The molecule has 1 N–H and O–H groups in total. The highest BCUT2D eigenvalue weighted by Crippen LogP contribution is 2.34. The Balaban J connectivity index is 0.00000176. The van der Waals surface area contributed by atoms with Gasteiger partial charge in [-0.05, 0) is 44.0 Å². The monoisotopic (exact) mass is 350 g/mol. The third-order valence-electron chi connectivity index (χ3n) is 4.29. The summed E-state index contributed by atoms with van der Waals surface area (Å²) < 4.78 is 45.9. The predicted octanol–water partition coefficient (Wildman–Crippen LogP) is 1.77. The fourth-order valence-corrected chi connectivity index (χ4v) is 5.17. The zero-order valence-electron chi connectivity index (χ0n) is 12.3. The third kappa shape index (κ3) is 2.95. The molecule has 2 atom stereocenters. The normalized spacial score (nSPS) is 25.4. The van der Waals surface area contributed by atoms with Crippen molar-refractivity contribution in [2.45, 2.75) is 36.2 Å². The van der Waals surface area contributed by atoms with Crippen molar-refractivity contribution in [2.75, 3.05) is 20.2 Å². The fourth-order valence-electron chi connectivity index (χ4n) is 3.26. The van der Waals surface area contributed by atoms with E-state index >= 15 is 0 Å². The molecule has 1 aromatic carbocycles. The number of fused-ring (bicyclic) bond motifs is 2. The second-order valence-electron chi connectivity index (χ2n) is 5.51. The van der Waals surface area contributed by atoms with E-state index in [4.69, 9.17) is 4.74 Å². The average Bonchev–Trinajstić information content (AvgIpc) is 2.72. The molecule has 0 aliphatic carbocycles. The smallest absolute Gasteiger partial charge is 0.243 e. The Hall–Kier alpha value is -0.890. The summed E-state index contributed by atoms with van der Waals surface area (Å²) in [6, 6.07) is 3.80. The van der Waals surface area contributed by atoms with E-state index in [-0.39, 0.29) is 35.1 Å². The Morgan fingerprint density at radius 1 is 1.27 bits per heavy atom. The van der Waals surface area contributed by atoms with Crippen molar-refractivity contribution in [3.8, 4) is 5.75 Å². The van der Waals surface area contributed by atoms with Crippen molar-refractivity contribution < 1.29 is 17.5 Å². The quantitative estimate of drug-likeness (QED) is 0.902. The number of nitrogens with zero attached hydrogens (tertiary/aromatic N) is 1. The first-order valence-corrected chi connectivity index (χ1v) is 8.56. The molecular weight excluding hydrogens is 331 g/mol. The van der Waals surface area contributed by atoms with Gasteiger partial charge in [-0.1, -0.05) is 0 Å². The van der Waals surface area contributed by atoms with E-state index in [1.807, 2.05) is 0 Å². The lowest BCUT2D eigenvalue weighted by molar-refractivity contribution is 0.334. The van der Waals surface area contributed by atoms with E-state index < -0.39 is 15.8 Å². The van der Waals surface area contributed by atoms with Crippen LogP contribution in [0.4, 0.5) is 4.39 Å². The molecule has 2 heterocycles. The van der Waals surface area contributed by atoms with E-state index in [9.17, 15) is 12.8 Å². The van der Waals surface area contributed by atoms with E-state index in [0.29, 0.717) is 6.54 Å². The Morgan fingerprint density at radius 3 is 2.68 bits per heavy atom. The Bertz CT molecular complexity index is 627. The molecule has 2 bridgehead atoms. The summed E-state index contributed by atoms with van der Waals surface area (Å²) in [5.41, 5.74) is 0. The van der Waals surface area contributed by atoms with Gasteiger partial charge in [-0.15, -0.1) is 12.4 Å². The molecule has 0 spiro atoms. The molecule has 2 aliphatic heterocycles. The zero-order valence-corrected chi connectivity index (χ0v) is 13.9. The molecule has 0 saturated carbocycles. The summed E-state index contributed by atoms with van der Waals surface area (Å²) in [6.45, 7) is 1.48. The average molecular weight is 351 g/mol. The highest BCUT2D eigenvalue weighted by molar-refractivity contribution is 7.89. The Labute approximate surface area is 136 Å². The van der Waals surface area contributed by atoms with Crippen LogP contribution in [-0.2, 0) is 10.0 Å². The Morgan fingerprint density at radius 2 is 2.00 bits per heavy atom. The summed E-state index contributed by atoms with van der Waals surface area (Å²) in [5, 5.41) is 3.26. The maximum Gasteiger partial charge on any atom is 0.243 e. The van der Waals surface area contributed by atoms with E-state index in [0.717, 1.165) is 31.9 Å².